The van der Waals surface area contributed by atoms with E-state index in [4.69, 9.17) is 35.0 Å². The topological polar surface area (TPSA) is 149 Å². The molecule has 0 aromatic heterocycles. The van der Waals surface area contributed by atoms with Gasteiger partial charge in [0, 0.05) is 0 Å². The molecule has 0 atom stereocenters. The molecule has 0 aromatic rings. The molecule has 0 saturated carbocycles. The van der Waals surface area contributed by atoms with E-state index < -0.39 is 20.8 Å². The van der Waals surface area contributed by atoms with Crippen LogP contribution in [0.2, 0.25) is 0 Å². The second-order valence-electron chi connectivity index (χ2n) is 0.896. The molecule has 4 N–H and O–H groups in total. The third-order valence-electron chi connectivity index (χ3n) is 0. The Hall–Kier alpha value is 2.14. The van der Waals surface area contributed by atoms with Gasteiger partial charge in [0.1, 0.15) is 0 Å². The normalized spacial score (nSPS) is 9.67. The number of hydrogen-bond acceptors (Lipinski definition) is 4. The van der Waals surface area contributed by atoms with Gasteiger partial charge in [-0.3, -0.25) is 18.2 Å². The molecule has 0 aromatic carbocycles. The minimum absolute atomic E-state index is 0. The Kier molecular flexibility index (Phi) is 19.2. The number of hydrogen-bond donors (Lipinski definition) is 4. The van der Waals surface area contributed by atoms with Crippen LogP contribution in [0.3, 0.4) is 0 Å². The summed E-state index contributed by atoms with van der Waals surface area (Å²) in [5.41, 5.74) is 0. The molecule has 0 rings (SSSR count). The summed E-state index contributed by atoms with van der Waals surface area (Å²) < 4.78 is 63.2. The van der Waals surface area contributed by atoms with Crippen molar-refractivity contribution in [1.29, 1.82) is 0 Å². The molecule has 70 valence electrons. The zero-order valence-corrected chi connectivity index (χ0v) is 12.1. The van der Waals surface area contributed by atoms with Crippen LogP contribution in [0.25, 0.3) is 0 Å². The van der Waals surface area contributed by atoms with Gasteiger partial charge in [-0.05, 0) is 0 Å². The van der Waals surface area contributed by atoms with Crippen LogP contribution in [0.5, 0.6) is 0 Å². The molecule has 0 unspecified atom stereocenters. The first-order valence-corrected chi connectivity index (χ1v) is 4.19. The van der Waals surface area contributed by atoms with Gasteiger partial charge < -0.3 is 4.28 Å². The van der Waals surface area contributed by atoms with Crippen LogP contribution in [-0.2, 0) is 20.8 Å². The van der Waals surface area contributed by atoms with E-state index in [9.17, 15) is 0 Å². The molecule has 0 spiro atoms. The van der Waals surface area contributed by atoms with Crippen molar-refractivity contribution in [3.05, 3.63) is 0 Å². The van der Waals surface area contributed by atoms with Crippen molar-refractivity contribution in [1.82, 2.24) is 0 Å². The molecule has 12 heteroatoms. The first kappa shape index (κ1) is 23.7. The summed E-state index contributed by atoms with van der Waals surface area (Å²) in [7, 11) is -9.33. The van der Waals surface area contributed by atoms with Crippen LogP contribution in [0.4, 0.5) is 0 Å². The Bertz CT molecular complexity index is 224. The number of rotatable bonds is 0. The van der Waals surface area contributed by atoms with Crippen LogP contribution in [0.15, 0.2) is 0 Å². The second kappa shape index (κ2) is 9.69. The van der Waals surface area contributed by atoms with E-state index in [0.29, 0.717) is 0 Å². The van der Waals surface area contributed by atoms with E-state index in [1.54, 1.807) is 0 Å². The Morgan fingerprint density at radius 2 is 0.750 bits per heavy atom. The average molecular weight is 263 g/mol. The van der Waals surface area contributed by atoms with Crippen LogP contribution >= 0.6 is 0 Å². The van der Waals surface area contributed by atoms with Crippen molar-refractivity contribution in [2.24, 2.45) is 0 Å². The maximum absolute atomic E-state index is 8.74. The van der Waals surface area contributed by atoms with Crippen LogP contribution in [0, 0.1) is 0 Å². The van der Waals surface area contributed by atoms with E-state index in [2.05, 4.69) is 0 Å². The molecule has 0 aliphatic carbocycles. The molecule has 0 saturated heterocycles. The third kappa shape index (κ3) is 328. The largest absolute Gasteiger partial charge is 2.00 e. The summed E-state index contributed by atoms with van der Waals surface area (Å²) in [6.45, 7) is 0. The molecule has 0 amide bonds. The summed E-state index contributed by atoms with van der Waals surface area (Å²) in [5, 5.41) is 0. The maximum Gasteiger partial charge on any atom is 2.00 e. The predicted molar refractivity (Wildman–Crippen MR) is 37.4 cm³/mol. The third-order valence-corrected chi connectivity index (χ3v) is 0. The van der Waals surface area contributed by atoms with Gasteiger partial charge >= 0.3 is 95.2 Å². The molecule has 0 radical (unpaired) electrons. The Morgan fingerprint density at radius 1 is 0.750 bits per heavy atom. The Balaban J connectivity index is -0.0000000128. The first-order valence-electron chi connectivity index (χ1n) is 1.40. The van der Waals surface area contributed by atoms with Gasteiger partial charge in [0.15, 0.2) is 0 Å². The zero-order valence-electron chi connectivity index (χ0n) is 8.95. The van der Waals surface area contributed by atoms with Gasteiger partial charge in [-0.1, -0.05) is 0 Å². The first-order chi connectivity index (χ1) is 4.00. The van der Waals surface area contributed by atoms with Crippen molar-refractivity contribution >= 4 is 43.9 Å². The van der Waals surface area contributed by atoms with E-state index in [0.717, 1.165) is 0 Å². The second-order valence-corrected chi connectivity index (χ2v) is 2.69. The van der Waals surface area contributed by atoms with Crippen molar-refractivity contribution < 1.29 is 90.7 Å². The quantitative estimate of drug-likeness (QED) is 0.253. The van der Waals surface area contributed by atoms with Crippen LogP contribution in [-0.4, -0.2) is 58.1 Å². The monoisotopic (exact) mass is 262 g/mol. The summed E-state index contributed by atoms with van der Waals surface area (Å²) >= 11 is 0. The fourth-order valence-corrected chi connectivity index (χ4v) is 0. The van der Waals surface area contributed by atoms with Gasteiger partial charge in [0.2, 0.25) is 0 Å². The minimum Gasteiger partial charge on any atom is -1.00 e. The average Bonchev–Trinajstić information content (AvgIpc) is 1.12. The zero-order chi connectivity index (χ0) is 9.00. The molecule has 0 heterocycles. The van der Waals surface area contributed by atoms with Gasteiger partial charge in [0.05, 0.1) is 0 Å². The van der Waals surface area contributed by atoms with Crippen molar-refractivity contribution in [3.63, 3.8) is 0 Å². The van der Waals surface area contributed by atoms with E-state index in [1.165, 1.54) is 0 Å². The van der Waals surface area contributed by atoms with Gasteiger partial charge in [0.25, 0.3) is 0 Å². The predicted octanol–water partition coefficient (Wildman–Crippen LogP) is -4.34. The molecule has 12 heavy (non-hydrogen) atoms. The fraction of sp³-hybridized carbons (Fsp3) is 0. The Labute approximate surface area is 132 Å². The van der Waals surface area contributed by atoms with Crippen LogP contribution < -0.4 is 51.4 Å². The van der Waals surface area contributed by atoms with Gasteiger partial charge in [-0.25, -0.2) is 0 Å². The molecular formula is H7KMgO8S2. The summed E-state index contributed by atoms with van der Waals surface area (Å²) in [6, 6.07) is 0. The van der Waals surface area contributed by atoms with E-state index in [1.807, 2.05) is 0 Å². The summed E-state index contributed by atoms with van der Waals surface area (Å²) in [6.07, 6.45) is 0. The van der Waals surface area contributed by atoms with Crippen LogP contribution in [0.1, 0.15) is 4.28 Å². The molecule has 0 fully saturated rings. The molecule has 0 aliphatic rings. The Morgan fingerprint density at radius 3 is 0.750 bits per heavy atom. The van der Waals surface area contributed by atoms with Gasteiger partial charge in [-0.15, -0.1) is 0 Å². The summed E-state index contributed by atoms with van der Waals surface area (Å²) in [4.78, 5) is 0. The van der Waals surface area contributed by atoms with Gasteiger partial charge in [-0.2, -0.15) is 16.8 Å². The van der Waals surface area contributed by atoms with E-state index >= 15 is 0 Å². The standard InChI is InChI=1S/K.Mg.2H2O4S.3H/c;;2*1-5(2,3)4;;;/h;;2*(H2,1,2,3,4);;;/q+1;+2;;;3*-1. The molecule has 8 nitrogen and oxygen atoms in total. The summed E-state index contributed by atoms with van der Waals surface area (Å²) in [5.74, 6) is 0. The minimum atomic E-state index is -4.67. The molecular weight excluding hydrogens is 256 g/mol. The fourth-order valence-electron chi connectivity index (χ4n) is 0. The maximum atomic E-state index is 8.74. The molecule has 0 aliphatic heterocycles. The molecule has 0 bridgehead atoms. The van der Waals surface area contributed by atoms with Crippen molar-refractivity contribution in [2.75, 3.05) is 0 Å². The van der Waals surface area contributed by atoms with Crippen molar-refractivity contribution in [2.45, 2.75) is 0 Å². The van der Waals surface area contributed by atoms with Crippen molar-refractivity contribution in [3.8, 4) is 0 Å². The SMILES string of the molecule is O=S(=O)(O)O.O=S(=O)(O)O.[H-].[H-].[H-].[K+].[Mg+2]. The van der Waals surface area contributed by atoms with E-state index in [-0.39, 0.29) is 78.7 Å². The smallest absolute Gasteiger partial charge is 1.00 e.